The van der Waals surface area contributed by atoms with E-state index < -0.39 is 0 Å². The summed E-state index contributed by atoms with van der Waals surface area (Å²) in [6.07, 6.45) is 10.0. The van der Waals surface area contributed by atoms with Crippen LogP contribution in [0.15, 0.2) is 42.2 Å². The summed E-state index contributed by atoms with van der Waals surface area (Å²) in [7, 11) is 0. The summed E-state index contributed by atoms with van der Waals surface area (Å²) >= 11 is 0. The molecular weight excluding hydrogens is 298 g/mol. The molecule has 0 bridgehead atoms. The lowest BCUT2D eigenvalue weighted by Crippen LogP contribution is -2.10. The van der Waals surface area contributed by atoms with Crippen LogP contribution in [0.25, 0.3) is 0 Å². The SMILES string of the molecule is Cc1cccc(Nc2ncnc(NCCC3=CCCCC3)c2N)c1. The average molecular weight is 323 g/mol. The van der Waals surface area contributed by atoms with Gasteiger partial charge in [-0.05, 0) is 56.7 Å². The zero-order chi connectivity index (χ0) is 16.8. The van der Waals surface area contributed by atoms with Crippen molar-refractivity contribution in [1.82, 2.24) is 9.97 Å². The highest BCUT2D eigenvalue weighted by Crippen LogP contribution is 2.26. The third kappa shape index (κ3) is 4.25. The zero-order valence-electron chi connectivity index (χ0n) is 14.2. The Morgan fingerprint density at radius 3 is 2.83 bits per heavy atom. The number of anilines is 4. The number of nitrogens with two attached hydrogens (primary N) is 1. The van der Waals surface area contributed by atoms with Crippen molar-refractivity contribution in [3.8, 4) is 0 Å². The first-order chi connectivity index (χ1) is 11.7. The van der Waals surface area contributed by atoms with Crippen molar-refractivity contribution in [2.75, 3.05) is 22.9 Å². The molecule has 0 radical (unpaired) electrons. The molecule has 24 heavy (non-hydrogen) atoms. The lowest BCUT2D eigenvalue weighted by Gasteiger charge is -2.15. The molecule has 0 unspecified atom stereocenters. The maximum Gasteiger partial charge on any atom is 0.159 e. The van der Waals surface area contributed by atoms with Gasteiger partial charge in [0.15, 0.2) is 11.6 Å². The van der Waals surface area contributed by atoms with E-state index in [1.807, 2.05) is 12.1 Å². The summed E-state index contributed by atoms with van der Waals surface area (Å²) in [5.74, 6) is 1.33. The first-order valence-corrected chi connectivity index (χ1v) is 8.58. The quantitative estimate of drug-likeness (QED) is 0.686. The number of hydrogen-bond acceptors (Lipinski definition) is 5. The third-order valence-corrected chi connectivity index (χ3v) is 4.29. The molecule has 1 aromatic carbocycles. The van der Waals surface area contributed by atoms with E-state index in [1.54, 1.807) is 5.57 Å². The van der Waals surface area contributed by atoms with E-state index in [-0.39, 0.29) is 0 Å². The Labute approximate surface area is 143 Å². The van der Waals surface area contributed by atoms with Crippen LogP contribution in [0.4, 0.5) is 23.0 Å². The number of rotatable bonds is 6. The fraction of sp³-hybridized carbons (Fsp3) is 0.368. The number of nitrogens with zero attached hydrogens (tertiary/aromatic N) is 2. The number of benzene rings is 1. The Morgan fingerprint density at radius 1 is 1.17 bits per heavy atom. The standard InChI is InChI=1S/C19H25N5/c1-14-6-5-9-16(12-14)24-19-17(20)18(22-13-23-19)21-11-10-15-7-3-2-4-8-15/h5-7,9,12-13H,2-4,8,10-11,20H2,1H3,(H2,21,22,23,24). The van der Waals surface area contributed by atoms with Crippen molar-refractivity contribution < 1.29 is 0 Å². The van der Waals surface area contributed by atoms with Crippen LogP contribution < -0.4 is 16.4 Å². The Hall–Kier alpha value is -2.56. The minimum Gasteiger partial charge on any atom is -0.393 e. The Morgan fingerprint density at radius 2 is 2.04 bits per heavy atom. The molecule has 0 spiro atoms. The summed E-state index contributed by atoms with van der Waals surface area (Å²) in [6, 6.07) is 8.12. The molecule has 2 aromatic rings. The second kappa shape index (κ2) is 7.81. The zero-order valence-corrected chi connectivity index (χ0v) is 14.2. The van der Waals surface area contributed by atoms with Gasteiger partial charge in [-0.1, -0.05) is 23.8 Å². The summed E-state index contributed by atoms with van der Waals surface area (Å²) < 4.78 is 0. The van der Waals surface area contributed by atoms with Gasteiger partial charge in [0.2, 0.25) is 0 Å². The van der Waals surface area contributed by atoms with Gasteiger partial charge in [-0.2, -0.15) is 0 Å². The van der Waals surface area contributed by atoms with Crippen LogP contribution in [0.3, 0.4) is 0 Å². The van der Waals surface area contributed by atoms with Crippen LogP contribution in [-0.2, 0) is 0 Å². The van der Waals surface area contributed by atoms with Crippen LogP contribution in [0.2, 0.25) is 0 Å². The number of aryl methyl sites for hydroxylation is 1. The Bertz CT molecular complexity index is 723. The van der Waals surface area contributed by atoms with Gasteiger partial charge in [0, 0.05) is 12.2 Å². The van der Waals surface area contributed by atoms with Crippen molar-refractivity contribution >= 4 is 23.0 Å². The largest absolute Gasteiger partial charge is 0.393 e. The van der Waals surface area contributed by atoms with Crippen molar-refractivity contribution in [3.63, 3.8) is 0 Å². The number of nitrogens with one attached hydrogen (secondary N) is 2. The van der Waals surface area contributed by atoms with Crippen molar-refractivity contribution in [2.24, 2.45) is 0 Å². The lowest BCUT2D eigenvalue weighted by molar-refractivity contribution is 0.679. The minimum absolute atomic E-state index is 0.552. The first kappa shape index (κ1) is 16.3. The second-order valence-corrected chi connectivity index (χ2v) is 6.26. The highest BCUT2D eigenvalue weighted by atomic mass is 15.1. The maximum atomic E-state index is 6.22. The molecule has 5 nitrogen and oxygen atoms in total. The van der Waals surface area contributed by atoms with E-state index in [0.717, 1.165) is 18.7 Å². The number of hydrogen-bond donors (Lipinski definition) is 3. The van der Waals surface area contributed by atoms with Crippen molar-refractivity contribution in [2.45, 2.75) is 39.0 Å². The van der Waals surface area contributed by atoms with Crippen LogP contribution in [0.5, 0.6) is 0 Å². The van der Waals surface area contributed by atoms with E-state index >= 15 is 0 Å². The van der Waals surface area contributed by atoms with E-state index in [2.05, 4.69) is 45.7 Å². The molecule has 0 saturated heterocycles. The summed E-state index contributed by atoms with van der Waals surface area (Å²) in [5, 5.41) is 6.61. The van der Waals surface area contributed by atoms with Gasteiger partial charge >= 0.3 is 0 Å². The van der Waals surface area contributed by atoms with Crippen LogP contribution in [-0.4, -0.2) is 16.5 Å². The first-order valence-electron chi connectivity index (χ1n) is 8.58. The molecule has 1 heterocycles. The fourth-order valence-electron chi connectivity index (χ4n) is 2.97. The van der Waals surface area contributed by atoms with Crippen molar-refractivity contribution in [1.29, 1.82) is 0 Å². The second-order valence-electron chi connectivity index (χ2n) is 6.26. The molecule has 0 amide bonds. The van der Waals surface area contributed by atoms with Gasteiger partial charge in [0.05, 0.1) is 0 Å². The van der Waals surface area contributed by atoms with Gasteiger partial charge in [0.25, 0.3) is 0 Å². The average Bonchev–Trinajstić information content (AvgIpc) is 2.59. The fourth-order valence-corrected chi connectivity index (χ4v) is 2.97. The Kier molecular flexibility index (Phi) is 5.31. The summed E-state index contributed by atoms with van der Waals surface area (Å²) in [6.45, 7) is 2.90. The smallest absolute Gasteiger partial charge is 0.159 e. The van der Waals surface area contributed by atoms with Gasteiger partial charge < -0.3 is 16.4 Å². The van der Waals surface area contributed by atoms with E-state index in [4.69, 9.17) is 5.73 Å². The molecule has 1 aromatic heterocycles. The van der Waals surface area contributed by atoms with Gasteiger partial charge in [-0.3, -0.25) is 0 Å². The highest BCUT2D eigenvalue weighted by molar-refractivity contribution is 5.77. The molecule has 5 heteroatoms. The summed E-state index contributed by atoms with van der Waals surface area (Å²) in [5.41, 5.74) is 10.5. The van der Waals surface area contributed by atoms with Crippen LogP contribution in [0, 0.1) is 6.92 Å². The van der Waals surface area contributed by atoms with E-state index in [0.29, 0.717) is 17.3 Å². The van der Waals surface area contributed by atoms with Gasteiger partial charge in [-0.15, -0.1) is 0 Å². The minimum atomic E-state index is 0.552. The summed E-state index contributed by atoms with van der Waals surface area (Å²) in [4.78, 5) is 8.54. The van der Waals surface area contributed by atoms with Gasteiger partial charge in [-0.25, -0.2) is 9.97 Å². The van der Waals surface area contributed by atoms with E-state index in [1.165, 1.54) is 37.6 Å². The highest BCUT2D eigenvalue weighted by Gasteiger charge is 2.09. The topological polar surface area (TPSA) is 75.9 Å². The number of allylic oxidation sites excluding steroid dienone is 1. The molecule has 0 fully saturated rings. The molecule has 0 aliphatic heterocycles. The molecule has 126 valence electrons. The lowest BCUT2D eigenvalue weighted by atomic mass is 9.97. The normalized spacial score (nSPS) is 14.1. The molecule has 3 rings (SSSR count). The third-order valence-electron chi connectivity index (χ3n) is 4.29. The predicted molar refractivity (Wildman–Crippen MR) is 101 cm³/mol. The predicted octanol–water partition coefficient (Wildman–Crippen LogP) is 4.41. The molecule has 1 aliphatic rings. The molecule has 0 saturated carbocycles. The molecule has 4 N–H and O–H groups in total. The molecule has 0 atom stereocenters. The molecular formula is C19H25N5. The number of aromatic nitrogens is 2. The van der Waals surface area contributed by atoms with E-state index in [9.17, 15) is 0 Å². The maximum absolute atomic E-state index is 6.22. The van der Waals surface area contributed by atoms with Crippen LogP contribution in [0.1, 0.15) is 37.7 Å². The molecule has 1 aliphatic carbocycles. The van der Waals surface area contributed by atoms with Crippen LogP contribution >= 0.6 is 0 Å². The Balaban J connectivity index is 1.63. The number of nitrogen functional groups attached to an aromatic ring is 1. The van der Waals surface area contributed by atoms with Gasteiger partial charge in [0.1, 0.15) is 12.0 Å². The van der Waals surface area contributed by atoms with Crippen molar-refractivity contribution in [3.05, 3.63) is 47.8 Å². The monoisotopic (exact) mass is 323 g/mol.